The summed E-state index contributed by atoms with van der Waals surface area (Å²) in [5, 5.41) is 0. The Balaban J connectivity index is 2.33. The molecule has 2 nitrogen and oxygen atoms in total. The normalized spacial score (nSPS) is 12.8. The molecular weight excluding hydrogens is 246 g/mol. The van der Waals surface area contributed by atoms with E-state index in [-0.39, 0.29) is 5.91 Å². The fourth-order valence-electron chi connectivity index (χ4n) is 2.57. The van der Waals surface area contributed by atoms with Crippen LogP contribution in [0, 0.1) is 25.7 Å². The van der Waals surface area contributed by atoms with Gasteiger partial charge in [-0.3, -0.25) is 4.79 Å². The lowest BCUT2D eigenvalue weighted by molar-refractivity contribution is 0.0992. The van der Waals surface area contributed by atoms with Gasteiger partial charge >= 0.3 is 0 Å². The molecule has 3 rings (SSSR count). The van der Waals surface area contributed by atoms with Crippen molar-refractivity contribution in [3.8, 4) is 11.8 Å². The zero-order valence-corrected chi connectivity index (χ0v) is 11.8. The molecule has 0 atom stereocenters. The van der Waals surface area contributed by atoms with Crippen molar-refractivity contribution in [3.63, 3.8) is 0 Å². The highest BCUT2D eigenvalue weighted by Gasteiger charge is 2.21. The Labute approximate surface area is 119 Å². The molecule has 0 unspecified atom stereocenters. The molecule has 20 heavy (non-hydrogen) atoms. The Morgan fingerprint density at radius 2 is 1.80 bits per heavy atom. The highest BCUT2D eigenvalue weighted by atomic mass is 16.2. The van der Waals surface area contributed by atoms with Gasteiger partial charge in [-0.15, -0.1) is 0 Å². The van der Waals surface area contributed by atoms with Crippen molar-refractivity contribution in [2.75, 3.05) is 11.9 Å². The fraction of sp³-hybridized carbons (Fsp3) is 0.167. The van der Waals surface area contributed by atoms with Crippen LogP contribution in [0.2, 0.25) is 0 Å². The molecule has 0 aliphatic carbocycles. The molecule has 2 aromatic carbocycles. The van der Waals surface area contributed by atoms with Crippen molar-refractivity contribution in [1.82, 2.24) is 0 Å². The van der Waals surface area contributed by atoms with Gasteiger partial charge in [-0.25, -0.2) is 0 Å². The number of benzene rings is 2. The predicted molar refractivity (Wildman–Crippen MR) is 81.1 cm³/mol. The molecule has 0 aromatic heterocycles. The molecule has 0 spiro atoms. The minimum atomic E-state index is -0.0131. The third-order valence-electron chi connectivity index (χ3n) is 3.60. The predicted octanol–water partition coefficient (Wildman–Crippen LogP) is 3.29. The van der Waals surface area contributed by atoms with E-state index in [9.17, 15) is 4.79 Å². The minimum Gasteiger partial charge on any atom is -0.310 e. The summed E-state index contributed by atoms with van der Waals surface area (Å²) in [4.78, 5) is 14.3. The second-order valence-electron chi connectivity index (χ2n) is 5.14. The van der Waals surface area contributed by atoms with E-state index in [0.29, 0.717) is 5.56 Å². The maximum absolute atomic E-state index is 12.6. The van der Waals surface area contributed by atoms with Crippen molar-refractivity contribution in [2.45, 2.75) is 13.8 Å². The van der Waals surface area contributed by atoms with Crippen LogP contribution >= 0.6 is 0 Å². The summed E-state index contributed by atoms with van der Waals surface area (Å²) in [7, 11) is 1.81. The molecule has 2 aromatic rings. The number of carbonyl (C=O) groups excluding carboxylic acids is 1. The van der Waals surface area contributed by atoms with Crippen molar-refractivity contribution in [3.05, 3.63) is 64.2 Å². The number of anilines is 1. The molecule has 0 radical (unpaired) electrons. The molecule has 1 aliphatic heterocycles. The van der Waals surface area contributed by atoms with Gasteiger partial charge in [-0.2, -0.15) is 0 Å². The van der Waals surface area contributed by atoms with E-state index in [0.717, 1.165) is 27.9 Å². The van der Waals surface area contributed by atoms with Crippen LogP contribution in [0.25, 0.3) is 0 Å². The van der Waals surface area contributed by atoms with Crippen LogP contribution in [-0.4, -0.2) is 13.0 Å². The van der Waals surface area contributed by atoms with Gasteiger partial charge in [0.2, 0.25) is 0 Å². The van der Waals surface area contributed by atoms with Gasteiger partial charge in [0.25, 0.3) is 5.91 Å². The van der Waals surface area contributed by atoms with Crippen molar-refractivity contribution >= 4 is 11.6 Å². The number of hydrogen-bond acceptors (Lipinski definition) is 1. The fourth-order valence-corrected chi connectivity index (χ4v) is 2.57. The van der Waals surface area contributed by atoms with Gasteiger partial charge in [0.1, 0.15) is 0 Å². The molecule has 0 saturated heterocycles. The number of amides is 1. The lowest BCUT2D eigenvalue weighted by atomic mass is 9.98. The van der Waals surface area contributed by atoms with E-state index in [1.807, 2.05) is 51.2 Å². The quantitative estimate of drug-likeness (QED) is 0.666. The van der Waals surface area contributed by atoms with Gasteiger partial charge in [0.15, 0.2) is 0 Å². The summed E-state index contributed by atoms with van der Waals surface area (Å²) < 4.78 is 0. The van der Waals surface area contributed by atoms with Crippen LogP contribution in [0.4, 0.5) is 5.69 Å². The Kier molecular flexibility index (Phi) is 2.84. The van der Waals surface area contributed by atoms with Crippen LogP contribution in [0.3, 0.4) is 0 Å². The van der Waals surface area contributed by atoms with Crippen molar-refractivity contribution < 1.29 is 4.79 Å². The summed E-state index contributed by atoms with van der Waals surface area (Å²) in [5.41, 5.74) is 5.50. The lowest BCUT2D eigenvalue weighted by Crippen LogP contribution is -2.28. The molecule has 98 valence electrons. The molecule has 0 bridgehead atoms. The van der Waals surface area contributed by atoms with Gasteiger partial charge in [-0.1, -0.05) is 30.0 Å². The zero-order chi connectivity index (χ0) is 14.3. The van der Waals surface area contributed by atoms with E-state index in [2.05, 4.69) is 17.9 Å². The number of fused-ring (bicyclic) bond motifs is 2. The number of aryl methyl sites for hydroxylation is 2. The van der Waals surface area contributed by atoms with Crippen LogP contribution < -0.4 is 4.90 Å². The Morgan fingerprint density at radius 1 is 1.05 bits per heavy atom. The van der Waals surface area contributed by atoms with Crippen LogP contribution in [0.5, 0.6) is 0 Å². The maximum atomic E-state index is 12.6. The second-order valence-corrected chi connectivity index (χ2v) is 5.14. The highest BCUT2D eigenvalue weighted by molar-refractivity contribution is 6.08. The SMILES string of the molecule is Cc1cc(C)c2c(c1)N(C)C(=O)c1ccccc1C#C2. The Bertz CT molecular complexity index is 778. The van der Waals surface area contributed by atoms with Crippen LogP contribution in [0.1, 0.15) is 32.6 Å². The van der Waals surface area contributed by atoms with E-state index in [1.165, 1.54) is 0 Å². The maximum Gasteiger partial charge on any atom is 0.259 e. The zero-order valence-electron chi connectivity index (χ0n) is 11.8. The summed E-state index contributed by atoms with van der Waals surface area (Å²) in [6.45, 7) is 4.07. The number of nitrogens with zero attached hydrogens (tertiary/aromatic N) is 1. The highest BCUT2D eigenvalue weighted by Crippen LogP contribution is 2.27. The van der Waals surface area contributed by atoms with E-state index < -0.39 is 0 Å². The smallest absolute Gasteiger partial charge is 0.259 e. The topological polar surface area (TPSA) is 20.3 Å². The van der Waals surface area contributed by atoms with E-state index in [4.69, 9.17) is 0 Å². The second kappa shape index (κ2) is 4.54. The molecular formula is C18H15NO. The average Bonchev–Trinajstić information content (AvgIpc) is 2.43. The summed E-state index contributed by atoms with van der Waals surface area (Å²) in [5.74, 6) is 6.35. The number of carbonyl (C=O) groups is 1. The van der Waals surface area contributed by atoms with Crippen molar-refractivity contribution in [2.24, 2.45) is 0 Å². The lowest BCUT2D eigenvalue weighted by Gasteiger charge is -2.22. The molecule has 0 N–H and O–H groups in total. The number of rotatable bonds is 0. The summed E-state index contributed by atoms with van der Waals surface area (Å²) >= 11 is 0. The van der Waals surface area contributed by atoms with Crippen molar-refractivity contribution in [1.29, 1.82) is 0 Å². The van der Waals surface area contributed by atoms with Gasteiger partial charge < -0.3 is 4.90 Å². The van der Waals surface area contributed by atoms with Crippen LogP contribution in [-0.2, 0) is 0 Å². The molecule has 1 amide bonds. The first-order chi connectivity index (χ1) is 9.58. The average molecular weight is 261 g/mol. The largest absolute Gasteiger partial charge is 0.310 e. The van der Waals surface area contributed by atoms with Gasteiger partial charge in [0.05, 0.1) is 16.8 Å². The first-order valence-corrected chi connectivity index (χ1v) is 6.58. The molecule has 1 aliphatic rings. The van der Waals surface area contributed by atoms with Gasteiger partial charge in [-0.05, 0) is 43.2 Å². The summed E-state index contributed by atoms with van der Waals surface area (Å²) in [6, 6.07) is 11.6. The molecule has 2 heteroatoms. The molecule has 0 fully saturated rings. The molecule has 0 saturated carbocycles. The monoisotopic (exact) mass is 261 g/mol. The Hall–Kier alpha value is -2.53. The first-order valence-electron chi connectivity index (χ1n) is 6.58. The summed E-state index contributed by atoms with van der Waals surface area (Å²) in [6.07, 6.45) is 0. The van der Waals surface area contributed by atoms with Crippen LogP contribution in [0.15, 0.2) is 36.4 Å². The first kappa shape index (κ1) is 12.5. The molecule has 1 heterocycles. The van der Waals surface area contributed by atoms with Gasteiger partial charge in [0, 0.05) is 12.6 Å². The van der Waals surface area contributed by atoms with E-state index in [1.54, 1.807) is 4.90 Å². The minimum absolute atomic E-state index is 0.0131. The number of hydrogen-bond donors (Lipinski definition) is 0. The third-order valence-corrected chi connectivity index (χ3v) is 3.60. The third kappa shape index (κ3) is 1.88. The standard InChI is InChI=1S/C18H15NO/c1-12-10-13(2)15-9-8-14-6-4-5-7-16(14)18(20)19(3)17(15)11-12/h4-7,10-11H,1-3H3. The van der Waals surface area contributed by atoms with E-state index >= 15 is 0 Å². The Morgan fingerprint density at radius 3 is 2.60 bits per heavy atom.